The van der Waals surface area contributed by atoms with Gasteiger partial charge in [0.05, 0.1) is 35.8 Å². The lowest BCUT2D eigenvalue weighted by molar-refractivity contribution is -0.122. The Kier molecular flexibility index (Phi) is 10.7. The molecule has 1 N–H and O–H groups in total. The molecule has 13 nitrogen and oxygen atoms in total. The fourth-order valence-electron chi connectivity index (χ4n) is 6.60. The van der Waals surface area contributed by atoms with Crippen molar-refractivity contribution < 1.29 is 27.9 Å². The molecule has 0 bridgehead atoms. The predicted octanol–water partition coefficient (Wildman–Crippen LogP) is 3.59. The molecule has 1 aromatic heterocycles. The normalized spacial score (nSPS) is 19.8. The highest BCUT2D eigenvalue weighted by atomic mass is 35.5. The third-order valence-electron chi connectivity index (χ3n) is 8.93. The number of likely N-dealkylation sites (tertiary alicyclic amines) is 1. The summed E-state index contributed by atoms with van der Waals surface area (Å²) in [5, 5.41) is 18.2. The van der Waals surface area contributed by atoms with Gasteiger partial charge in [0.15, 0.2) is 0 Å². The number of hydrogen-bond donors (Lipinski definition) is 1. The van der Waals surface area contributed by atoms with Gasteiger partial charge in [-0.1, -0.05) is 35.9 Å². The molecule has 2 fully saturated rings. The van der Waals surface area contributed by atoms with Gasteiger partial charge in [0.25, 0.3) is 6.47 Å². The van der Waals surface area contributed by atoms with Crippen LogP contribution in [0.1, 0.15) is 30.5 Å². The number of ether oxygens (including phenoxy) is 1. The molecular formula is C32H38ClN7O6S. The Morgan fingerprint density at radius 2 is 1.87 bits per heavy atom. The highest BCUT2D eigenvalue weighted by molar-refractivity contribution is 8.05. The Labute approximate surface area is 279 Å². The maximum absolute atomic E-state index is 12.7. The summed E-state index contributed by atoms with van der Waals surface area (Å²) in [6.45, 7) is 3.33. The number of benzene rings is 2. The first kappa shape index (κ1) is 34.2. The zero-order valence-electron chi connectivity index (χ0n) is 26.4. The van der Waals surface area contributed by atoms with Gasteiger partial charge in [-0.3, -0.25) is 9.59 Å². The minimum Gasteiger partial charge on any atom is -0.483 e. The summed E-state index contributed by atoms with van der Waals surface area (Å²) in [5.74, 6) is 0.717. The predicted molar refractivity (Wildman–Crippen MR) is 179 cm³/mol. The topological polar surface area (TPSA) is 160 Å². The first-order valence-corrected chi connectivity index (χ1v) is 17.7. The maximum atomic E-state index is 12.7. The number of nitrogens with zero attached hydrogens (tertiary/aromatic N) is 7. The van der Waals surface area contributed by atoms with Crippen molar-refractivity contribution >= 4 is 55.4 Å². The summed E-state index contributed by atoms with van der Waals surface area (Å²) >= 11 is 6.68. The largest absolute Gasteiger partial charge is 0.483 e. The van der Waals surface area contributed by atoms with Crippen molar-refractivity contribution in [3.8, 4) is 12.1 Å². The second-order valence-electron chi connectivity index (χ2n) is 11.9. The van der Waals surface area contributed by atoms with Crippen LogP contribution in [-0.2, 0) is 27.6 Å². The third-order valence-corrected chi connectivity index (χ3v) is 10.1. The number of aromatic nitrogens is 2. The standard InChI is InChI=1S/C31H36ClN7O4S.CH2O2/c1-36-14-5-8-23(36)20-43-30-34-26-19-37(27-10-4-7-21-6-3-9-25(32)28(21)27)15-12-24(26)29(35-30)38-16-17-39(22(18-38)11-13-33)31(40)44(2,41)42;2-1-3/h3-4,6-7,9-10,22-23H,5,8,11-12,14-20H2,1-2H3;1H,(H,2,3)/t22-,23-;/m0./s1. The van der Waals surface area contributed by atoms with Gasteiger partial charge < -0.3 is 29.4 Å². The van der Waals surface area contributed by atoms with Crippen molar-refractivity contribution in [2.45, 2.75) is 44.3 Å². The van der Waals surface area contributed by atoms with Crippen LogP contribution in [0, 0.1) is 11.3 Å². The average Bonchev–Trinajstić information content (AvgIpc) is 3.47. The minimum atomic E-state index is -3.93. The molecule has 0 saturated carbocycles. The van der Waals surface area contributed by atoms with Crippen molar-refractivity contribution in [3.63, 3.8) is 0 Å². The molecule has 6 rings (SSSR count). The Balaban J connectivity index is 0.00000139. The number of rotatable bonds is 6. The van der Waals surface area contributed by atoms with Gasteiger partial charge in [0, 0.05) is 55.1 Å². The van der Waals surface area contributed by atoms with E-state index in [1.807, 2.05) is 23.1 Å². The summed E-state index contributed by atoms with van der Waals surface area (Å²) in [6.07, 6.45) is 3.77. The number of piperazine rings is 1. The molecule has 2 aromatic carbocycles. The van der Waals surface area contributed by atoms with Crippen LogP contribution in [-0.4, -0.2) is 110 Å². The SMILES string of the molecule is CN1CCC[C@H]1COc1nc2c(c(N3CCN(C(=O)S(C)(=O)=O)[C@@H](CC#N)C3)n1)CCN(c1cccc3cccc(Cl)c13)C2.O=CO. The summed E-state index contributed by atoms with van der Waals surface area (Å²) in [4.78, 5) is 38.8. The van der Waals surface area contributed by atoms with E-state index < -0.39 is 21.1 Å². The van der Waals surface area contributed by atoms with Crippen LogP contribution in [0.25, 0.3) is 10.8 Å². The number of hydrogen-bond acceptors (Lipinski definition) is 11. The zero-order chi connectivity index (χ0) is 33.7. The van der Waals surface area contributed by atoms with E-state index in [0.29, 0.717) is 37.2 Å². The fourth-order valence-corrected chi connectivity index (χ4v) is 7.55. The van der Waals surface area contributed by atoms with E-state index in [2.05, 4.69) is 41.1 Å². The molecule has 3 aliphatic heterocycles. The Morgan fingerprint density at radius 1 is 1.13 bits per heavy atom. The lowest BCUT2D eigenvalue weighted by Crippen LogP contribution is -2.56. The van der Waals surface area contributed by atoms with E-state index in [1.54, 1.807) is 0 Å². The maximum Gasteiger partial charge on any atom is 0.339 e. The van der Waals surface area contributed by atoms with Gasteiger partial charge >= 0.3 is 11.2 Å². The van der Waals surface area contributed by atoms with Crippen molar-refractivity contribution in [1.29, 1.82) is 5.26 Å². The van der Waals surface area contributed by atoms with E-state index in [1.165, 1.54) is 4.90 Å². The van der Waals surface area contributed by atoms with Crippen LogP contribution in [0.3, 0.4) is 0 Å². The van der Waals surface area contributed by atoms with E-state index in [9.17, 15) is 18.5 Å². The molecule has 47 heavy (non-hydrogen) atoms. The van der Waals surface area contributed by atoms with Crippen molar-refractivity contribution in [3.05, 3.63) is 52.7 Å². The molecule has 2 atom stereocenters. The van der Waals surface area contributed by atoms with Crippen molar-refractivity contribution in [2.24, 2.45) is 0 Å². The number of amides is 1. The zero-order valence-corrected chi connectivity index (χ0v) is 28.0. The number of carboxylic acid groups (broad SMARTS) is 1. The van der Waals surface area contributed by atoms with E-state index in [0.717, 1.165) is 65.7 Å². The number of anilines is 2. The van der Waals surface area contributed by atoms with Gasteiger partial charge in [-0.15, -0.1) is 0 Å². The molecule has 3 aromatic rings. The monoisotopic (exact) mass is 683 g/mol. The number of sulfone groups is 1. The van der Waals surface area contributed by atoms with Crippen molar-refractivity contribution in [2.75, 3.05) is 62.4 Å². The number of likely N-dealkylation sites (N-methyl/N-ethyl adjacent to an activating group) is 1. The van der Waals surface area contributed by atoms with Gasteiger partial charge in [-0.2, -0.15) is 15.2 Å². The summed E-state index contributed by atoms with van der Waals surface area (Å²) < 4.78 is 30.4. The molecule has 0 aliphatic carbocycles. The second kappa shape index (κ2) is 14.7. The van der Waals surface area contributed by atoms with Gasteiger partial charge in [-0.05, 0) is 50.4 Å². The Hall–Kier alpha value is -4.19. The number of carbonyl (C=O) groups is 2. The highest BCUT2D eigenvalue weighted by Crippen LogP contribution is 2.37. The number of carbonyl (C=O) groups excluding carboxylic acids is 1. The quantitative estimate of drug-likeness (QED) is 0.377. The van der Waals surface area contributed by atoms with Crippen LogP contribution in [0.4, 0.5) is 16.3 Å². The summed E-state index contributed by atoms with van der Waals surface area (Å²) in [5.41, 5.74) is 2.89. The highest BCUT2D eigenvalue weighted by Gasteiger charge is 2.37. The summed E-state index contributed by atoms with van der Waals surface area (Å²) in [7, 11) is -1.84. The number of nitriles is 1. The first-order chi connectivity index (χ1) is 22.5. The van der Waals surface area contributed by atoms with E-state index in [-0.39, 0.29) is 32.0 Å². The average molecular weight is 684 g/mol. The number of halogens is 1. The van der Waals surface area contributed by atoms with Gasteiger partial charge in [0.1, 0.15) is 12.4 Å². The van der Waals surface area contributed by atoms with Gasteiger partial charge in [-0.25, -0.2) is 8.42 Å². The molecule has 15 heteroatoms. The molecule has 0 unspecified atom stereocenters. The minimum absolute atomic E-state index is 0.0119. The molecule has 0 spiro atoms. The lowest BCUT2D eigenvalue weighted by Gasteiger charge is -2.42. The third kappa shape index (κ3) is 7.53. The van der Waals surface area contributed by atoms with Crippen LogP contribution >= 0.6 is 11.6 Å². The summed E-state index contributed by atoms with van der Waals surface area (Å²) in [6, 6.07) is 14.2. The van der Waals surface area contributed by atoms with Crippen molar-refractivity contribution in [1.82, 2.24) is 19.8 Å². The van der Waals surface area contributed by atoms with E-state index in [4.69, 9.17) is 36.2 Å². The van der Waals surface area contributed by atoms with Gasteiger partial charge in [0.2, 0.25) is 9.84 Å². The molecule has 2 saturated heterocycles. The van der Waals surface area contributed by atoms with Crippen LogP contribution in [0.15, 0.2) is 36.4 Å². The first-order valence-electron chi connectivity index (χ1n) is 15.4. The number of fused-ring (bicyclic) bond motifs is 2. The van der Waals surface area contributed by atoms with Crippen LogP contribution in [0.5, 0.6) is 6.01 Å². The molecule has 3 aliphatic rings. The lowest BCUT2D eigenvalue weighted by atomic mass is 10.0. The van der Waals surface area contributed by atoms with E-state index >= 15 is 0 Å². The van der Waals surface area contributed by atoms with Crippen LogP contribution in [0.2, 0.25) is 5.02 Å². The molecular weight excluding hydrogens is 646 g/mol. The molecule has 1 amide bonds. The fraction of sp³-hybridized carbons (Fsp3) is 0.469. The smallest absolute Gasteiger partial charge is 0.339 e. The Morgan fingerprint density at radius 3 is 2.55 bits per heavy atom. The second-order valence-corrected chi connectivity index (χ2v) is 14.2. The molecule has 250 valence electrons. The Bertz CT molecular complexity index is 1780. The molecule has 4 heterocycles. The molecule has 0 radical (unpaired) electrons. The van der Waals surface area contributed by atoms with Crippen LogP contribution < -0.4 is 14.5 Å².